The number of carbonyl (C=O) groups is 1. The molecule has 20 heavy (non-hydrogen) atoms. The van der Waals surface area contributed by atoms with Gasteiger partial charge in [0, 0.05) is 38.2 Å². The summed E-state index contributed by atoms with van der Waals surface area (Å²) < 4.78 is 1.82. The van der Waals surface area contributed by atoms with Gasteiger partial charge in [-0.15, -0.1) is 0 Å². The fourth-order valence-corrected chi connectivity index (χ4v) is 2.34. The first kappa shape index (κ1) is 14.7. The number of rotatable bonds is 6. The van der Waals surface area contributed by atoms with E-state index in [-0.39, 0.29) is 5.91 Å². The molecule has 0 aliphatic carbocycles. The topological polar surface area (TPSA) is 38.1 Å². The van der Waals surface area contributed by atoms with E-state index < -0.39 is 0 Å². The van der Waals surface area contributed by atoms with Crippen LogP contribution in [0.2, 0.25) is 0 Å². The van der Waals surface area contributed by atoms with Crippen molar-refractivity contribution in [3.8, 4) is 5.69 Å². The van der Waals surface area contributed by atoms with E-state index in [1.54, 1.807) is 22.9 Å². The van der Waals surface area contributed by atoms with Crippen LogP contribution in [0.3, 0.4) is 0 Å². The lowest BCUT2D eigenvalue weighted by atomic mass is 10.2. The van der Waals surface area contributed by atoms with E-state index in [2.05, 4.69) is 11.2 Å². The van der Waals surface area contributed by atoms with Crippen molar-refractivity contribution < 1.29 is 4.79 Å². The monoisotopic (exact) mass is 289 g/mol. The van der Waals surface area contributed by atoms with Crippen LogP contribution in [-0.4, -0.2) is 39.6 Å². The van der Waals surface area contributed by atoms with E-state index in [0.29, 0.717) is 13.0 Å². The standard InChI is InChI=1S/C15H19N3OS/c1-17(15(19)7-10-20-2)12-13-5-3-6-14(11-13)18-9-4-8-16-18/h3-6,8-9,11H,7,10,12H2,1-2H3. The highest BCUT2D eigenvalue weighted by atomic mass is 32.2. The Morgan fingerprint density at radius 1 is 1.40 bits per heavy atom. The number of benzene rings is 1. The molecule has 1 aromatic heterocycles. The minimum absolute atomic E-state index is 0.184. The van der Waals surface area contributed by atoms with Crippen LogP contribution in [0.25, 0.3) is 5.69 Å². The van der Waals surface area contributed by atoms with E-state index in [1.807, 2.05) is 48.4 Å². The maximum Gasteiger partial charge on any atom is 0.223 e. The Balaban J connectivity index is 2.03. The number of thioether (sulfide) groups is 1. The summed E-state index contributed by atoms with van der Waals surface area (Å²) in [5.41, 5.74) is 2.12. The van der Waals surface area contributed by atoms with Crippen molar-refractivity contribution in [1.82, 2.24) is 14.7 Å². The average molecular weight is 289 g/mol. The molecule has 1 aromatic carbocycles. The van der Waals surface area contributed by atoms with E-state index in [4.69, 9.17) is 0 Å². The molecule has 0 N–H and O–H groups in total. The van der Waals surface area contributed by atoms with E-state index in [0.717, 1.165) is 17.0 Å². The molecular weight excluding hydrogens is 270 g/mol. The summed E-state index contributed by atoms with van der Waals surface area (Å²) in [6.45, 7) is 0.627. The van der Waals surface area contributed by atoms with Crippen LogP contribution in [0, 0.1) is 0 Å². The van der Waals surface area contributed by atoms with Gasteiger partial charge in [-0.1, -0.05) is 12.1 Å². The van der Waals surface area contributed by atoms with E-state index in [1.165, 1.54) is 0 Å². The first-order valence-electron chi connectivity index (χ1n) is 6.52. The predicted octanol–water partition coefficient (Wildman–Crippen LogP) is 2.58. The van der Waals surface area contributed by atoms with Gasteiger partial charge in [-0.05, 0) is 30.0 Å². The summed E-state index contributed by atoms with van der Waals surface area (Å²) in [4.78, 5) is 13.7. The molecule has 5 heteroatoms. The number of carbonyl (C=O) groups excluding carboxylic acids is 1. The summed E-state index contributed by atoms with van der Waals surface area (Å²) in [7, 11) is 1.85. The van der Waals surface area contributed by atoms with E-state index >= 15 is 0 Å². The Labute approximate surface area is 123 Å². The molecule has 0 unspecified atom stereocenters. The Bertz CT molecular complexity index is 554. The van der Waals surface area contributed by atoms with Crippen molar-refractivity contribution in [2.24, 2.45) is 0 Å². The largest absolute Gasteiger partial charge is 0.341 e. The third-order valence-electron chi connectivity index (χ3n) is 3.05. The molecular formula is C15H19N3OS. The third kappa shape index (κ3) is 3.87. The first-order valence-corrected chi connectivity index (χ1v) is 7.92. The van der Waals surface area contributed by atoms with Crippen molar-refractivity contribution in [2.45, 2.75) is 13.0 Å². The lowest BCUT2D eigenvalue weighted by molar-refractivity contribution is -0.129. The van der Waals surface area contributed by atoms with Crippen molar-refractivity contribution in [3.05, 3.63) is 48.3 Å². The second-order valence-electron chi connectivity index (χ2n) is 4.61. The smallest absolute Gasteiger partial charge is 0.223 e. The molecule has 0 saturated carbocycles. The van der Waals surface area contributed by atoms with Crippen molar-refractivity contribution in [1.29, 1.82) is 0 Å². The summed E-state index contributed by atoms with van der Waals surface area (Å²) in [6, 6.07) is 9.99. The van der Waals surface area contributed by atoms with Crippen molar-refractivity contribution in [2.75, 3.05) is 19.1 Å². The summed E-state index contributed by atoms with van der Waals surface area (Å²) in [6.07, 6.45) is 6.27. The van der Waals surface area contributed by atoms with Crippen molar-refractivity contribution >= 4 is 17.7 Å². The van der Waals surface area contributed by atoms with Gasteiger partial charge in [-0.25, -0.2) is 4.68 Å². The second-order valence-corrected chi connectivity index (χ2v) is 5.60. The Morgan fingerprint density at radius 2 is 2.25 bits per heavy atom. The Morgan fingerprint density at radius 3 is 2.95 bits per heavy atom. The van der Waals surface area contributed by atoms with Gasteiger partial charge in [0.1, 0.15) is 0 Å². The highest BCUT2D eigenvalue weighted by Crippen LogP contribution is 2.12. The van der Waals surface area contributed by atoms with Gasteiger partial charge < -0.3 is 4.90 Å². The number of hydrogen-bond acceptors (Lipinski definition) is 3. The maximum atomic E-state index is 11.9. The van der Waals surface area contributed by atoms with Crippen LogP contribution >= 0.6 is 11.8 Å². The predicted molar refractivity (Wildman–Crippen MR) is 83.0 cm³/mol. The molecule has 0 aliphatic heterocycles. The quantitative estimate of drug-likeness (QED) is 0.820. The number of aromatic nitrogens is 2. The number of hydrogen-bond donors (Lipinski definition) is 0. The minimum atomic E-state index is 0.184. The van der Waals surface area contributed by atoms with Gasteiger partial charge in [0.25, 0.3) is 0 Å². The summed E-state index contributed by atoms with van der Waals surface area (Å²) >= 11 is 1.70. The summed E-state index contributed by atoms with van der Waals surface area (Å²) in [5.74, 6) is 1.06. The number of nitrogens with zero attached hydrogens (tertiary/aromatic N) is 3. The average Bonchev–Trinajstić information content (AvgIpc) is 2.99. The maximum absolute atomic E-state index is 11.9. The highest BCUT2D eigenvalue weighted by molar-refractivity contribution is 7.98. The summed E-state index contributed by atoms with van der Waals surface area (Å²) in [5, 5.41) is 4.22. The van der Waals surface area contributed by atoms with Crippen LogP contribution in [0.5, 0.6) is 0 Å². The molecule has 0 aliphatic rings. The highest BCUT2D eigenvalue weighted by Gasteiger charge is 2.09. The molecule has 0 atom stereocenters. The third-order valence-corrected chi connectivity index (χ3v) is 3.66. The van der Waals surface area contributed by atoms with Crippen LogP contribution in [0.1, 0.15) is 12.0 Å². The van der Waals surface area contributed by atoms with Gasteiger partial charge in [0.15, 0.2) is 0 Å². The SMILES string of the molecule is CSCCC(=O)N(C)Cc1cccc(-n2cccn2)c1. The van der Waals surface area contributed by atoms with E-state index in [9.17, 15) is 4.79 Å². The normalized spacial score (nSPS) is 10.5. The van der Waals surface area contributed by atoms with Gasteiger partial charge >= 0.3 is 0 Å². The first-order chi connectivity index (χ1) is 9.70. The second kappa shape index (κ2) is 7.14. The van der Waals surface area contributed by atoms with Gasteiger partial charge in [0.05, 0.1) is 5.69 Å². The molecule has 2 aromatic rings. The minimum Gasteiger partial charge on any atom is -0.341 e. The molecule has 0 fully saturated rings. The van der Waals surface area contributed by atoms with Crippen LogP contribution in [-0.2, 0) is 11.3 Å². The fourth-order valence-electron chi connectivity index (χ4n) is 1.96. The van der Waals surface area contributed by atoms with Gasteiger partial charge in [0.2, 0.25) is 5.91 Å². The Kier molecular flexibility index (Phi) is 5.24. The van der Waals surface area contributed by atoms with Crippen LogP contribution in [0.4, 0.5) is 0 Å². The molecule has 2 rings (SSSR count). The molecule has 0 radical (unpaired) electrons. The molecule has 0 saturated heterocycles. The molecule has 1 amide bonds. The molecule has 106 valence electrons. The fraction of sp³-hybridized carbons (Fsp3) is 0.333. The lowest BCUT2D eigenvalue weighted by Crippen LogP contribution is -2.26. The molecule has 4 nitrogen and oxygen atoms in total. The Hall–Kier alpha value is -1.75. The molecule has 1 heterocycles. The molecule has 0 bridgehead atoms. The van der Waals surface area contributed by atoms with Gasteiger partial charge in [-0.2, -0.15) is 16.9 Å². The van der Waals surface area contributed by atoms with Crippen LogP contribution in [0.15, 0.2) is 42.7 Å². The zero-order valence-electron chi connectivity index (χ0n) is 11.8. The van der Waals surface area contributed by atoms with Crippen LogP contribution < -0.4 is 0 Å². The number of amides is 1. The lowest BCUT2D eigenvalue weighted by Gasteiger charge is -2.17. The zero-order valence-corrected chi connectivity index (χ0v) is 12.6. The van der Waals surface area contributed by atoms with Crippen molar-refractivity contribution in [3.63, 3.8) is 0 Å². The van der Waals surface area contributed by atoms with Gasteiger partial charge in [-0.3, -0.25) is 4.79 Å². The zero-order chi connectivity index (χ0) is 14.4. The molecule has 0 spiro atoms.